The van der Waals surface area contributed by atoms with Crippen molar-refractivity contribution in [2.24, 2.45) is 11.8 Å². The van der Waals surface area contributed by atoms with Gasteiger partial charge in [-0.2, -0.15) is 0 Å². The van der Waals surface area contributed by atoms with Gasteiger partial charge in [-0.15, -0.1) is 0 Å². The summed E-state index contributed by atoms with van der Waals surface area (Å²) in [7, 11) is 0. The minimum absolute atomic E-state index is 0.703. The molecule has 0 bridgehead atoms. The van der Waals surface area contributed by atoms with Gasteiger partial charge in [0.05, 0.1) is 0 Å². The minimum Gasteiger partial charge on any atom is -0.314 e. The summed E-state index contributed by atoms with van der Waals surface area (Å²) in [5.41, 5.74) is 0. The van der Waals surface area contributed by atoms with E-state index in [4.69, 9.17) is 0 Å². The summed E-state index contributed by atoms with van der Waals surface area (Å²) in [5.74, 6) is 1.82. The van der Waals surface area contributed by atoms with Crippen LogP contribution in [0.2, 0.25) is 0 Å². The van der Waals surface area contributed by atoms with E-state index < -0.39 is 0 Å². The Balaban J connectivity index is 1.80. The maximum absolute atomic E-state index is 3.62. The van der Waals surface area contributed by atoms with E-state index in [0.29, 0.717) is 6.04 Å². The molecule has 0 amide bonds. The summed E-state index contributed by atoms with van der Waals surface area (Å²) in [4.78, 5) is 2.73. The van der Waals surface area contributed by atoms with Crippen LogP contribution in [0.3, 0.4) is 0 Å². The van der Waals surface area contributed by atoms with Gasteiger partial charge in [0.25, 0.3) is 0 Å². The molecule has 1 saturated heterocycles. The first-order chi connectivity index (χ1) is 7.74. The minimum atomic E-state index is 0.703. The van der Waals surface area contributed by atoms with Gasteiger partial charge in [0, 0.05) is 19.1 Å². The van der Waals surface area contributed by atoms with Crippen LogP contribution in [0.15, 0.2) is 0 Å². The predicted molar refractivity (Wildman–Crippen MR) is 69.6 cm³/mol. The zero-order valence-corrected chi connectivity index (χ0v) is 11.0. The standard InChI is InChI=1S/C14H28N2/c1-12-9-15-13(2)7-8-16(10-12)11-14-5-3-4-6-14/h12-15H,3-11H2,1-2H3. The Morgan fingerprint density at radius 3 is 2.62 bits per heavy atom. The van der Waals surface area contributed by atoms with Gasteiger partial charge in [-0.05, 0) is 51.1 Å². The Hall–Kier alpha value is -0.0800. The van der Waals surface area contributed by atoms with Crippen LogP contribution in [-0.2, 0) is 0 Å². The zero-order valence-electron chi connectivity index (χ0n) is 11.0. The first-order valence-corrected chi connectivity index (χ1v) is 7.20. The average Bonchev–Trinajstić information content (AvgIpc) is 2.74. The molecule has 0 aromatic heterocycles. The van der Waals surface area contributed by atoms with Crippen molar-refractivity contribution >= 4 is 0 Å². The molecule has 2 heteroatoms. The molecule has 1 N–H and O–H groups in total. The van der Waals surface area contributed by atoms with Gasteiger partial charge in [-0.25, -0.2) is 0 Å². The highest BCUT2D eigenvalue weighted by molar-refractivity contribution is 4.77. The number of hydrogen-bond acceptors (Lipinski definition) is 2. The molecule has 2 fully saturated rings. The molecular formula is C14H28N2. The summed E-state index contributed by atoms with van der Waals surface area (Å²) in [6.07, 6.45) is 7.24. The number of hydrogen-bond donors (Lipinski definition) is 1. The summed E-state index contributed by atoms with van der Waals surface area (Å²) in [6, 6.07) is 0.703. The first kappa shape index (κ1) is 12.4. The zero-order chi connectivity index (χ0) is 11.4. The highest BCUT2D eigenvalue weighted by Gasteiger charge is 2.21. The molecule has 2 aliphatic rings. The lowest BCUT2D eigenvalue weighted by Gasteiger charge is -2.32. The summed E-state index contributed by atoms with van der Waals surface area (Å²) >= 11 is 0. The highest BCUT2D eigenvalue weighted by Crippen LogP contribution is 2.26. The van der Waals surface area contributed by atoms with Crippen molar-refractivity contribution in [1.82, 2.24) is 10.2 Å². The van der Waals surface area contributed by atoms with Crippen molar-refractivity contribution in [3.05, 3.63) is 0 Å². The van der Waals surface area contributed by atoms with E-state index in [1.807, 2.05) is 0 Å². The third kappa shape index (κ3) is 3.74. The molecular weight excluding hydrogens is 196 g/mol. The fraction of sp³-hybridized carbons (Fsp3) is 1.00. The van der Waals surface area contributed by atoms with E-state index in [1.54, 1.807) is 0 Å². The molecule has 2 nitrogen and oxygen atoms in total. The van der Waals surface area contributed by atoms with Gasteiger partial charge in [0.15, 0.2) is 0 Å². The summed E-state index contributed by atoms with van der Waals surface area (Å²) < 4.78 is 0. The van der Waals surface area contributed by atoms with E-state index in [2.05, 4.69) is 24.1 Å². The fourth-order valence-electron chi connectivity index (χ4n) is 3.20. The number of rotatable bonds is 2. The van der Waals surface area contributed by atoms with Crippen molar-refractivity contribution in [1.29, 1.82) is 0 Å². The largest absolute Gasteiger partial charge is 0.314 e. The molecule has 1 aliphatic carbocycles. The van der Waals surface area contributed by atoms with Gasteiger partial charge < -0.3 is 10.2 Å². The third-order valence-electron chi connectivity index (χ3n) is 4.25. The van der Waals surface area contributed by atoms with Crippen LogP contribution in [0.4, 0.5) is 0 Å². The van der Waals surface area contributed by atoms with Crippen LogP contribution in [-0.4, -0.2) is 37.1 Å². The van der Waals surface area contributed by atoms with Crippen LogP contribution < -0.4 is 5.32 Å². The van der Waals surface area contributed by atoms with E-state index in [1.165, 1.54) is 58.3 Å². The maximum atomic E-state index is 3.62. The van der Waals surface area contributed by atoms with Crippen LogP contribution in [0.1, 0.15) is 46.0 Å². The van der Waals surface area contributed by atoms with Gasteiger partial charge in [-0.3, -0.25) is 0 Å². The quantitative estimate of drug-likeness (QED) is 0.775. The topological polar surface area (TPSA) is 15.3 Å². The second-order valence-electron chi connectivity index (χ2n) is 6.11. The molecule has 2 unspecified atom stereocenters. The van der Waals surface area contributed by atoms with Crippen molar-refractivity contribution < 1.29 is 0 Å². The molecule has 2 atom stereocenters. The Morgan fingerprint density at radius 1 is 1.12 bits per heavy atom. The summed E-state index contributed by atoms with van der Waals surface area (Å²) in [6.45, 7) is 9.88. The smallest absolute Gasteiger partial charge is 0.00510 e. The van der Waals surface area contributed by atoms with Crippen molar-refractivity contribution in [3.8, 4) is 0 Å². The van der Waals surface area contributed by atoms with Crippen molar-refractivity contribution in [2.45, 2.75) is 52.0 Å². The highest BCUT2D eigenvalue weighted by atomic mass is 15.1. The molecule has 2 rings (SSSR count). The Morgan fingerprint density at radius 2 is 1.88 bits per heavy atom. The van der Waals surface area contributed by atoms with Crippen LogP contribution in [0, 0.1) is 11.8 Å². The van der Waals surface area contributed by atoms with Gasteiger partial charge in [0.2, 0.25) is 0 Å². The van der Waals surface area contributed by atoms with Crippen LogP contribution in [0.5, 0.6) is 0 Å². The van der Waals surface area contributed by atoms with Crippen molar-refractivity contribution in [3.63, 3.8) is 0 Å². The maximum Gasteiger partial charge on any atom is 0.00510 e. The Kier molecular flexibility index (Phi) is 4.66. The number of nitrogens with one attached hydrogen (secondary N) is 1. The first-order valence-electron chi connectivity index (χ1n) is 7.20. The molecule has 0 aromatic carbocycles. The van der Waals surface area contributed by atoms with E-state index >= 15 is 0 Å². The molecule has 1 heterocycles. The Labute approximate surface area is 101 Å². The van der Waals surface area contributed by atoms with Gasteiger partial charge >= 0.3 is 0 Å². The second-order valence-corrected chi connectivity index (χ2v) is 6.11. The SMILES string of the molecule is CC1CNC(C)CCN(CC2CCCC2)C1. The number of nitrogens with zero attached hydrogens (tertiary/aromatic N) is 1. The average molecular weight is 224 g/mol. The van der Waals surface area contributed by atoms with Gasteiger partial charge in [0.1, 0.15) is 0 Å². The molecule has 0 spiro atoms. The van der Waals surface area contributed by atoms with Crippen LogP contribution in [0.25, 0.3) is 0 Å². The summed E-state index contributed by atoms with van der Waals surface area (Å²) in [5, 5.41) is 3.62. The molecule has 0 radical (unpaired) electrons. The lowest BCUT2D eigenvalue weighted by molar-refractivity contribution is 0.176. The lowest BCUT2D eigenvalue weighted by atomic mass is 10.0. The van der Waals surface area contributed by atoms with Crippen LogP contribution >= 0.6 is 0 Å². The molecule has 1 aliphatic heterocycles. The van der Waals surface area contributed by atoms with Crippen molar-refractivity contribution in [2.75, 3.05) is 26.2 Å². The molecule has 94 valence electrons. The Bertz CT molecular complexity index is 199. The van der Waals surface area contributed by atoms with Gasteiger partial charge in [-0.1, -0.05) is 19.8 Å². The van der Waals surface area contributed by atoms with E-state index in [-0.39, 0.29) is 0 Å². The molecule has 1 saturated carbocycles. The predicted octanol–water partition coefficient (Wildman–Crippen LogP) is 2.50. The fourth-order valence-corrected chi connectivity index (χ4v) is 3.20. The monoisotopic (exact) mass is 224 g/mol. The van der Waals surface area contributed by atoms with E-state index in [9.17, 15) is 0 Å². The third-order valence-corrected chi connectivity index (χ3v) is 4.25. The lowest BCUT2D eigenvalue weighted by Crippen LogP contribution is -2.43. The molecule has 0 aromatic rings. The second kappa shape index (κ2) is 6.02. The normalized spacial score (nSPS) is 34.9. The van der Waals surface area contributed by atoms with E-state index in [0.717, 1.165) is 11.8 Å². The molecule has 16 heavy (non-hydrogen) atoms.